The van der Waals surface area contributed by atoms with Crippen molar-refractivity contribution in [2.75, 3.05) is 0 Å². The second-order valence-corrected chi connectivity index (χ2v) is 3.30. The Morgan fingerprint density at radius 3 is 2.29 bits per heavy atom. The van der Waals surface area contributed by atoms with Crippen LogP contribution in [0.1, 0.15) is 30.9 Å². The standard InChI is InChI=1S/C10H14O.CHNO/c1-7(2)9-5-4-8(3)10(11)6-9;2-1-3/h4-7,11H,1-3H3;2H. The minimum absolute atomic E-state index is 0.399. The smallest absolute Gasteiger partial charge is 0.231 e. The largest absolute Gasteiger partial charge is 0.508 e. The van der Waals surface area contributed by atoms with Gasteiger partial charge in [-0.3, -0.25) is 0 Å². The van der Waals surface area contributed by atoms with Crippen molar-refractivity contribution in [2.45, 2.75) is 26.7 Å². The summed E-state index contributed by atoms with van der Waals surface area (Å²) >= 11 is 0. The number of isocyanates is 1. The maximum Gasteiger partial charge on any atom is 0.231 e. The van der Waals surface area contributed by atoms with Crippen molar-refractivity contribution < 1.29 is 9.90 Å². The lowest BCUT2D eigenvalue weighted by Gasteiger charge is -2.06. The lowest BCUT2D eigenvalue weighted by molar-refractivity contribution is 0.470. The topological polar surface area (TPSA) is 61.1 Å². The highest BCUT2D eigenvalue weighted by atomic mass is 16.3. The summed E-state index contributed by atoms with van der Waals surface area (Å²) in [6.45, 7) is 6.13. The van der Waals surface area contributed by atoms with Crippen molar-refractivity contribution in [3.05, 3.63) is 29.3 Å². The highest BCUT2D eigenvalue weighted by molar-refractivity contribution is 5.36. The molecule has 0 aliphatic carbocycles. The average molecular weight is 193 g/mol. The van der Waals surface area contributed by atoms with Crippen LogP contribution < -0.4 is 0 Å². The molecule has 0 bridgehead atoms. The van der Waals surface area contributed by atoms with Gasteiger partial charge in [-0.25, -0.2) is 10.2 Å². The van der Waals surface area contributed by atoms with Gasteiger partial charge in [-0.1, -0.05) is 26.0 Å². The van der Waals surface area contributed by atoms with Crippen molar-refractivity contribution in [1.82, 2.24) is 0 Å². The third-order valence-corrected chi connectivity index (χ3v) is 1.90. The van der Waals surface area contributed by atoms with Gasteiger partial charge in [0.25, 0.3) is 0 Å². The van der Waals surface area contributed by atoms with Crippen LogP contribution >= 0.6 is 0 Å². The van der Waals surface area contributed by atoms with Gasteiger partial charge in [0.15, 0.2) is 0 Å². The van der Waals surface area contributed by atoms with E-state index in [1.807, 2.05) is 19.1 Å². The van der Waals surface area contributed by atoms with E-state index in [2.05, 4.69) is 19.9 Å². The Morgan fingerprint density at radius 1 is 1.43 bits per heavy atom. The average Bonchev–Trinajstić information content (AvgIpc) is 2.10. The number of nitrogens with one attached hydrogen (secondary N) is 1. The summed E-state index contributed by atoms with van der Waals surface area (Å²) in [6, 6.07) is 5.84. The van der Waals surface area contributed by atoms with Gasteiger partial charge >= 0.3 is 0 Å². The second kappa shape index (κ2) is 5.95. The first-order valence-electron chi connectivity index (χ1n) is 4.36. The van der Waals surface area contributed by atoms with Crippen LogP contribution in [-0.2, 0) is 4.79 Å². The molecule has 0 atom stereocenters. The number of aromatic hydroxyl groups is 1. The number of carbonyl (C=O) groups excluding carboxylic acids is 1. The Kier molecular flexibility index (Phi) is 5.27. The van der Waals surface area contributed by atoms with E-state index >= 15 is 0 Å². The van der Waals surface area contributed by atoms with E-state index in [4.69, 9.17) is 10.2 Å². The highest BCUT2D eigenvalue weighted by Gasteiger charge is 2.00. The van der Waals surface area contributed by atoms with E-state index in [0.717, 1.165) is 11.6 Å². The molecular formula is C11H15NO2. The van der Waals surface area contributed by atoms with Crippen LogP contribution in [0.2, 0.25) is 0 Å². The molecule has 0 saturated carbocycles. The molecule has 0 saturated heterocycles. The van der Waals surface area contributed by atoms with E-state index in [9.17, 15) is 5.11 Å². The lowest BCUT2D eigenvalue weighted by atomic mass is 10.0. The van der Waals surface area contributed by atoms with Crippen molar-refractivity contribution >= 4 is 6.08 Å². The third kappa shape index (κ3) is 3.87. The van der Waals surface area contributed by atoms with E-state index in [1.165, 1.54) is 5.56 Å². The summed E-state index contributed by atoms with van der Waals surface area (Å²) in [7, 11) is 0. The summed E-state index contributed by atoms with van der Waals surface area (Å²) in [6.07, 6.45) is 0.750. The molecule has 1 aromatic rings. The van der Waals surface area contributed by atoms with Gasteiger partial charge in [0, 0.05) is 0 Å². The fourth-order valence-electron chi connectivity index (χ4n) is 0.986. The van der Waals surface area contributed by atoms with E-state index in [1.54, 1.807) is 0 Å². The molecule has 0 radical (unpaired) electrons. The molecule has 14 heavy (non-hydrogen) atoms. The molecule has 3 nitrogen and oxygen atoms in total. The molecule has 0 unspecified atom stereocenters. The number of benzene rings is 1. The van der Waals surface area contributed by atoms with E-state index in [-0.39, 0.29) is 0 Å². The van der Waals surface area contributed by atoms with Crippen molar-refractivity contribution in [3.63, 3.8) is 0 Å². The van der Waals surface area contributed by atoms with E-state index < -0.39 is 0 Å². The molecule has 76 valence electrons. The number of phenols is 1. The fraction of sp³-hybridized carbons (Fsp3) is 0.364. The maximum absolute atomic E-state index is 9.35. The predicted molar refractivity (Wildman–Crippen MR) is 55.3 cm³/mol. The molecule has 0 aliphatic heterocycles. The normalized spacial score (nSPS) is 8.86. The molecule has 3 heteroatoms. The van der Waals surface area contributed by atoms with Gasteiger partial charge in [0.05, 0.1) is 0 Å². The number of rotatable bonds is 1. The quantitative estimate of drug-likeness (QED) is 0.532. The van der Waals surface area contributed by atoms with Gasteiger partial charge in [-0.05, 0) is 30.0 Å². The fourth-order valence-corrected chi connectivity index (χ4v) is 0.986. The Labute approximate surface area is 83.9 Å². The van der Waals surface area contributed by atoms with Gasteiger partial charge in [-0.15, -0.1) is 0 Å². The van der Waals surface area contributed by atoms with Crippen LogP contribution in [0.5, 0.6) is 5.75 Å². The Bertz CT molecular complexity index is 326. The van der Waals surface area contributed by atoms with Crippen molar-refractivity contribution in [2.24, 2.45) is 0 Å². The molecule has 1 aromatic carbocycles. The minimum Gasteiger partial charge on any atom is -0.508 e. The van der Waals surface area contributed by atoms with Crippen LogP contribution in [0.25, 0.3) is 0 Å². The SMILES string of the molecule is Cc1ccc(C(C)C)cc1O.N=C=O. The van der Waals surface area contributed by atoms with Gasteiger partial charge in [0.2, 0.25) is 6.08 Å². The summed E-state index contributed by atoms with van der Waals surface area (Å²) in [5.74, 6) is 0.887. The van der Waals surface area contributed by atoms with Crippen LogP contribution in [-0.4, -0.2) is 11.2 Å². The number of aryl methyl sites for hydroxylation is 1. The number of hydrogen-bond acceptors (Lipinski definition) is 3. The minimum atomic E-state index is 0.399. The van der Waals surface area contributed by atoms with Gasteiger partial charge < -0.3 is 5.11 Å². The second-order valence-electron chi connectivity index (χ2n) is 3.30. The predicted octanol–water partition coefficient (Wildman–Crippen LogP) is 2.72. The molecule has 2 N–H and O–H groups in total. The highest BCUT2D eigenvalue weighted by Crippen LogP contribution is 2.22. The molecular weight excluding hydrogens is 178 g/mol. The van der Waals surface area contributed by atoms with Crippen molar-refractivity contribution in [1.29, 1.82) is 5.41 Å². The summed E-state index contributed by atoms with van der Waals surface area (Å²) in [5.41, 5.74) is 2.13. The lowest BCUT2D eigenvalue weighted by Crippen LogP contribution is -1.86. The maximum atomic E-state index is 9.35. The molecule has 0 fully saturated rings. The zero-order valence-electron chi connectivity index (χ0n) is 8.66. The van der Waals surface area contributed by atoms with Crippen LogP contribution in [0.15, 0.2) is 18.2 Å². The van der Waals surface area contributed by atoms with Crippen molar-refractivity contribution in [3.8, 4) is 5.75 Å². The molecule has 1 rings (SSSR count). The summed E-state index contributed by atoms with van der Waals surface area (Å²) in [4.78, 5) is 8.35. The molecule has 0 heterocycles. The Balaban J connectivity index is 0.000000500. The third-order valence-electron chi connectivity index (χ3n) is 1.90. The zero-order valence-corrected chi connectivity index (χ0v) is 8.66. The summed E-state index contributed by atoms with van der Waals surface area (Å²) < 4.78 is 0. The number of hydrogen-bond donors (Lipinski definition) is 2. The zero-order chi connectivity index (χ0) is 11.1. The molecule has 0 amide bonds. The number of phenolic OH excluding ortho intramolecular Hbond substituents is 1. The molecule has 0 spiro atoms. The van der Waals surface area contributed by atoms with Gasteiger partial charge in [-0.2, -0.15) is 0 Å². The van der Waals surface area contributed by atoms with Crippen LogP contribution in [0.4, 0.5) is 0 Å². The first kappa shape index (κ1) is 12.4. The monoisotopic (exact) mass is 193 g/mol. The Morgan fingerprint density at radius 2 is 1.93 bits per heavy atom. The van der Waals surface area contributed by atoms with Crippen LogP contribution in [0, 0.1) is 12.3 Å². The molecule has 0 aliphatic rings. The Hall–Kier alpha value is -1.60. The van der Waals surface area contributed by atoms with E-state index in [0.29, 0.717) is 11.7 Å². The van der Waals surface area contributed by atoms with Gasteiger partial charge in [0.1, 0.15) is 5.75 Å². The summed E-state index contributed by atoms with van der Waals surface area (Å²) in [5, 5.41) is 14.8. The first-order chi connectivity index (χ1) is 6.52. The van der Waals surface area contributed by atoms with Crippen LogP contribution in [0.3, 0.4) is 0 Å². The molecule has 0 aromatic heterocycles. The first-order valence-corrected chi connectivity index (χ1v) is 4.36.